The van der Waals surface area contributed by atoms with Gasteiger partial charge in [-0.15, -0.1) is 0 Å². The van der Waals surface area contributed by atoms with E-state index in [1.165, 1.54) is 5.56 Å². The number of hydrogen-bond donors (Lipinski definition) is 1. The minimum atomic E-state index is -0.629. The highest BCUT2D eigenvalue weighted by atomic mass is 16.5. The molecule has 2 aliphatic rings. The number of rotatable bonds is 5. The SMILES string of the molecule is CN(C)C1(C(=O)NCc2nc(C3CC3)no2)CCc2ccccc21. The van der Waals surface area contributed by atoms with Crippen LogP contribution in [0.3, 0.4) is 0 Å². The Morgan fingerprint density at radius 3 is 2.92 bits per heavy atom. The Labute approximate surface area is 141 Å². The van der Waals surface area contributed by atoms with Crippen LogP contribution in [0.2, 0.25) is 0 Å². The highest BCUT2D eigenvalue weighted by Gasteiger charge is 2.47. The maximum Gasteiger partial charge on any atom is 0.246 e. The van der Waals surface area contributed by atoms with Gasteiger partial charge in [0.2, 0.25) is 11.8 Å². The van der Waals surface area contributed by atoms with Gasteiger partial charge >= 0.3 is 0 Å². The summed E-state index contributed by atoms with van der Waals surface area (Å²) in [5, 5.41) is 6.99. The molecule has 0 bridgehead atoms. The van der Waals surface area contributed by atoms with Gasteiger partial charge in [0.05, 0.1) is 6.54 Å². The molecule has 0 radical (unpaired) electrons. The van der Waals surface area contributed by atoms with Crippen LogP contribution in [0.25, 0.3) is 0 Å². The zero-order valence-corrected chi connectivity index (χ0v) is 14.1. The number of nitrogens with one attached hydrogen (secondary N) is 1. The third kappa shape index (κ3) is 2.41. The lowest BCUT2D eigenvalue weighted by atomic mass is 9.89. The van der Waals surface area contributed by atoms with Crippen molar-refractivity contribution in [1.82, 2.24) is 20.4 Å². The highest BCUT2D eigenvalue weighted by molar-refractivity contribution is 5.89. The molecule has 1 amide bonds. The maximum atomic E-state index is 13.1. The molecule has 1 N–H and O–H groups in total. The number of aryl methyl sites for hydroxylation is 1. The molecule has 1 fully saturated rings. The molecule has 0 saturated heterocycles. The van der Waals surface area contributed by atoms with Crippen LogP contribution in [0.4, 0.5) is 0 Å². The summed E-state index contributed by atoms with van der Waals surface area (Å²) in [6, 6.07) is 8.18. The van der Waals surface area contributed by atoms with Crippen LogP contribution in [0.15, 0.2) is 28.8 Å². The Balaban J connectivity index is 1.52. The van der Waals surface area contributed by atoms with E-state index in [1.807, 2.05) is 31.1 Å². The van der Waals surface area contributed by atoms with E-state index in [0.29, 0.717) is 11.8 Å². The first kappa shape index (κ1) is 15.3. The molecule has 1 aromatic heterocycles. The molecule has 1 aromatic carbocycles. The topological polar surface area (TPSA) is 71.3 Å². The summed E-state index contributed by atoms with van der Waals surface area (Å²) in [7, 11) is 3.92. The van der Waals surface area contributed by atoms with Crippen LogP contribution in [0.5, 0.6) is 0 Å². The summed E-state index contributed by atoms with van der Waals surface area (Å²) >= 11 is 0. The molecule has 2 aromatic rings. The molecule has 6 heteroatoms. The summed E-state index contributed by atoms with van der Waals surface area (Å²) in [6.45, 7) is 0.274. The van der Waals surface area contributed by atoms with E-state index in [2.05, 4.69) is 27.6 Å². The fourth-order valence-corrected chi connectivity index (χ4v) is 3.64. The summed E-state index contributed by atoms with van der Waals surface area (Å²) < 4.78 is 5.25. The fourth-order valence-electron chi connectivity index (χ4n) is 3.64. The number of fused-ring (bicyclic) bond motifs is 1. The Kier molecular flexibility index (Phi) is 3.64. The number of nitrogens with zero attached hydrogens (tertiary/aromatic N) is 3. The summed E-state index contributed by atoms with van der Waals surface area (Å²) in [6.07, 6.45) is 3.95. The maximum absolute atomic E-state index is 13.1. The second-order valence-electron chi connectivity index (χ2n) is 6.92. The van der Waals surface area contributed by atoms with Crippen LogP contribution in [-0.2, 0) is 23.3 Å². The third-order valence-corrected chi connectivity index (χ3v) is 5.18. The number of carbonyl (C=O) groups is 1. The number of hydrogen-bond acceptors (Lipinski definition) is 5. The molecule has 4 rings (SSSR count). The fraction of sp³-hybridized carbons (Fsp3) is 0.500. The molecule has 1 atom stereocenters. The normalized spacial score (nSPS) is 22.6. The first-order valence-electron chi connectivity index (χ1n) is 8.48. The lowest BCUT2D eigenvalue weighted by Gasteiger charge is -2.35. The van der Waals surface area contributed by atoms with Gasteiger partial charge in [0.15, 0.2) is 5.82 Å². The second-order valence-corrected chi connectivity index (χ2v) is 6.92. The number of benzene rings is 1. The number of likely N-dealkylation sites (N-methyl/N-ethyl adjacent to an activating group) is 1. The minimum Gasteiger partial charge on any atom is -0.345 e. The van der Waals surface area contributed by atoms with Gasteiger partial charge < -0.3 is 9.84 Å². The van der Waals surface area contributed by atoms with Crippen molar-refractivity contribution in [2.45, 2.75) is 43.7 Å². The smallest absolute Gasteiger partial charge is 0.246 e. The first-order chi connectivity index (χ1) is 11.6. The zero-order valence-electron chi connectivity index (χ0n) is 14.1. The molecule has 1 unspecified atom stereocenters. The molecule has 0 spiro atoms. The van der Waals surface area contributed by atoms with E-state index in [-0.39, 0.29) is 12.5 Å². The first-order valence-corrected chi connectivity index (χ1v) is 8.48. The molecule has 1 saturated carbocycles. The lowest BCUT2D eigenvalue weighted by Crippen LogP contribution is -2.52. The van der Waals surface area contributed by atoms with Crippen LogP contribution in [-0.4, -0.2) is 35.0 Å². The monoisotopic (exact) mass is 326 g/mol. The molecule has 1 heterocycles. The molecule has 126 valence electrons. The summed E-state index contributed by atoms with van der Waals surface area (Å²) in [5.41, 5.74) is 1.71. The Hall–Kier alpha value is -2.21. The quantitative estimate of drug-likeness (QED) is 0.909. The van der Waals surface area contributed by atoms with Gasteiger partial charge in [-0.2, -0.15) is 4.98 Å². The van der Waals surface area contributed by atoms with E-state index < -0.39 is 5.54 Å². The van der Waals surface area contributed by atoms with Crippen LogP contribution in [0, 0.1) is 0 Å². The molecule has 2 aliphatic carbocycles. The number of amides is 1. The van der Waals surface area contributed by atoms with Crippen molar-refractivity contribution >= 4 is 5.91 Å². The van der Waals surface area contributed by atoms with Crippen LogP contribution >= 0.6 is 0 Å². The summed E-state index contributed by atoms with van der Waals surface area (Å²) in [4.78, 5) is 19.4. The van der Waals surface area contributed by atoms with Crippen LogP contribution in [0.1, 0.15) is 48.0 Å². The number of aromatic nitrogens is 2. The Morgan fingerprint density at radius 2 is 2.17 bits per heavy atom. The molecule has 0 aliphatic heterocycles. The van der Waals surface area contributed by atoms with Gasteiger partial charge in [0, 0.05) is 5.92 Å². The average Bonchev–Trinajstić information content (AvgIpc) is 3.19. The predicted molar refractivity (Wildman–Crippen MR) is 88.2 cm³/mol. The predicted octanol–water partition coefficient (Wildman–Crippen LogP) is 1.97. The van der Waals surface area contributed by atoms with Crippen molar-refractivity contribution in [2.24, 2.45) is 0 Å². The minimum absolute atomic E-state index is 0.0105. The van der Waals surface area contributed by atoms with Gasteiger partial charge in [0.1, 0.15) is 5.54 Å². The van der Waals surface area contributed by atoms with E-state index in [9.17, 15) is 4.79 Å². The van der Waals surface area contributed by atoms with Gasteiger partial charge in [0.25, 0.3) is 0 Å². The van der Waals surface area contributed by atoms with E-state index >= 15 is 0 Å². The van der Waals surface area contributed by atoms with E-state index in [4.69, 9.17) is 4.52 Å². The van der Waals surface area contributed by atoms with Crippen molar-refractivity contribution in [3.8, 4) is 0 Å². The average molecular weight is 326 g/mol. The van der Waals surface area contributed by atoms with Crippen molar-refractivity contribution in [1.29, 1.82) is 0 Å². The molecular weight excluding hydrogens is 304 g/mol. The largest absolute Gasteiger partial charge is 0.345 e. The van der Waals surface area contributed by atoms with Crippen molar-refractivity contribution < 1.29 is 9.32 Å². The standard InChI is InChI=1S/C18H22N4O2/c1-22(2)18(10-9-12-5-3-4-6-14(12)18)17(23)19-11-15-20-16(21-24-15)13-7-8-13/h3-6,13H,7-11H2,1-2H3,(H,19,23). The third-order valence-electron chi connectivity index (χ3n) is 5.18. The zero-order chi connectivity index (χ0) is 16.7. The van der Waals surface area contributed by atoms with Gasteiger partial charge in [-0.05, 0) is 50.9 Å². The highest BCUT2D eigenvalue weighted by Crippen LogP contribution is 2.41. The number of carbonyl (C=O) groups excluding carboxylic acids is 1. The van der Waals surface area contributed by atoms with E-state index in [1.54, 1.807) is 0 Å². The van der Waals surface area contributed by atoms with Crippen molar-refractivity contribution in [2.75, 3.05) is 14.1 Å². The lowest BCUT2D eigenvalue weighted by molar-refractivity contribution is -0.133. The van der Waals surface area contributed by atoms with Crippen LogP contribution < -0.4 is 5.32 Å². The Morgan fingerprint density at radius 1 is 1.38 bits per heavy atom. The molecule has 24 heavy (non-hydrogen) atoms. The second kappa shape index (κ2) is 5.70. The Bertz CT molecular complexity index is 766. The molecule has 6 nitrogen and oxygen atoms in total. The van der Waals surface area contributed by atoms with Crippen molar-refractivity contribution in [3.63, 3.8) is 0 Å². The van der Waals surface area contributed by atoms with Crippen molar-refractivity contribution in [3.05, 3.63) is 47.1 Å². The van der Waals surface area contributed by atoms with E-state index in [0.717, 1.165) is 37.1 Å². The van der Waals surface area contributed by atoms with Gasteiger partial charge in [-0.1, -0.05) is 29.4 Å². The molecular formula is C18H22N4O2. The summed E-state index contributed by atoms with van der Waals surface area (Å²) in [5.74, 6) is 1.69. The van der Waals surface area contributed by atoms with Gasteiger partial charge in [-0.3, -0.25) is 9.69 Å². The van der Waals surface area contributed by atoms with Gasteiger partial charge in [-0.25, -0.2) is 0 Å².